The van der Waals surface area contributed by atoms with E-state index in [0.717, 1.165) is 11.6 Å². The number of aliphatic hydroxyl groups is 1. The van der Waals surface area contributed by atoms with Gasteiger partial charge in [-0.05, 0) is 12.8 Å². The van der Waals surface area contributed by atoms with Gasteiger partial charge in [-0.25, -0.2) is 0 Å². The third-order valence-electron chi connectivity index (χ3n) is 3.18. The minimum atomic E-state index is 0. The number of rotatable bonds is 11. The zero-order valence-corrected chi connectivity index (χ0v) is 14.1. The van der Waals surface area contributed by atoms with Gasteiger partial charge in [-0.3, -0.25) is 0 Å². The first-order valence-corrected chi connectivity index (χ1v) is 7.81. The molecule has 0 spiro atoms. The number of unbranched alkanes of at least 4 members (excludes halogenated alkanes) is 9. The molecule has 0 saturated heterocycles. The Bertz CT molecular complexity index is 144. The lowest BCUT2D eigenvalue weighted by molar-refractivity contribution is -0.870. The molecule has 0 radical (unpaired) electrons. The van der Waals surface area contributed by atoms with Gasteiger partial charge in [0.05, 0.1) is 27.7 Å². The van der Waals surface area contributed by atoms with Crippen molar-refractivity contribution in [2.24, 2.45) is 0 Å². The fraction of sp³-hybridized carbons (Fsp3) is 1.00. The average molecular weight is 277 g/mol. The van der Waals surface area contributed by atoms with Crippen molar-refractivity contribution in [2.75, 3.05) is 34.8 Å². The van der Waals surface area contributed by atoms with E-state index < -0.39 is 0 Å². The van der Waals surface area contributed by atoms with E-state index in [1.165, 1.54) is 70.8 Å². The largest absolute Gasteiger partial charge is 0.870 e. The highest BCUT2D eigenvalue weighted by Gasteiger charge is 2.04. The van der Waals surface area contributed by atoms with E-state index >= 15 is 0 Å². The SMILES string of the molecule is CCCCCCCCCCCC[N+](C)(C)C.CO.[OH-]. The van der Waals surface area contributed by atoms with Crippen molar-refractivity contribution >= 4 is 0 Å². The smallest absolute Gasteiger partial charge is 0.0780 e. The van der Waals surface area contributed by atoms with E-state index in [0.29, 0.717) is 0 Å². The molecular formula is C16H39NO2. The Labute approximate surface area is 121 Å². The Morgan fingerprint density at radius 1 is 0.632 bits per heavy atom. The fourth-order valence-electron chi connectivity index (χ4n) is 2.07. The summed E-state index contributed by atoms with van der Waals surface area (Å²) in [6.07, 6.45) is 14.4. The van der Waals surface area contributed by atoms with Crippen LogP contribution in [0.15, 0.2) is 0 Å². The van der Waals surface area contributed by atoms with Crippen molar-refractivity contribution in [1.29, 1.82) is 0 Å². The van der Waals surface area contributed by atoms with Gasteiger partial charge in [-0.2, -0.15) is 0 Å². The predicted molar refractivity (Wildman–Crippen MR) is 84.8 cm³/mol. The maximum atomic E-state index is 7.00. The summed E-state index contributed by atoms with van der Waals surface area (Å²) in [5, 5.41) is 7.00. The van der Waals surface area contributed by atoms with Crippen LogP contribution in [0.1, 0.15) is 71.1 Å². The van der Waals surface area contributed by atoms with Crippen LogP contribution in [0.4, 0.5) is 0 Å². The normalized spacial score (nSPS) is 10.4. The molecule has 3 heteroatoms. The Balaban J connectivity index is -0.000000809. The zero-order chi connectivity index (χ0) is 14.3. The standard InChI is InChI=1S/C15H34N.CH4O.H2O/c1-5-6-7-8-9-10-11-12-13-14-15-16(2,3)4;1-2;/h5-15H2,1-4H3;2H,1H3;1H2/q+1;;/p-1. The first-order valence-electron chi connectivity index (χ1n) is 7.81. The lowest BCUT2D eigenvalue weighted by Gasteiger charge is -2.23. The molecular weight excluding hydrogens is 238 g/mol. The summed E-state index contributed by atoms with van der Waals surface area (Å²) in [6.45, 7) is 3.62. The Hall–Kier alpha value is -0.120. The minimum absolute atomic E-state index is 0. The first-order chi connectivity index (χ1) is 8.56. The van der Waals surface area contributed by atoms with Gasteiger partial charge < -0.3 is 15.1 Å². The van der Waals surface area contributed by atoms with Crippen molar-refractivity contribution < 1.29 is 15.1 Å². The second-order valence-corrected chi connectivity index (χ2v) is 6.20. The summed E-state index contributed by atoms with van der Waals surface area (Å²) >= 11 is 0. The van der Waals surface area contributed by atoms with Gasteiger partial charge in [0.25, 0.3) is 0 Å². The molecule has 0 atom stereocenters. The van der Waals surface area contributed by atoms with Crippen LogP contribution in [-0.2, 0) is 0 Å². The van der Waals surface area contributed by atoms with Crippen LogP contribution in [0, 0.1) is 0 Å². The van der Waals surface area contributed by atoms with Gasteiger partial charge in [0.15, 0.2) is 0 Å². The maximum absolute atomic E-state index is 7.00. The second-order valence-electron chi connectivity index (χ2n) is 6.20. The monoisotopic (exact) mass is 277 g/mol. The van der Waals surface area contributed by atoms with Crippen molar-refractivity contribution in [2.45, 2.75) is 71.1 Å². The lowest BCUT2D eigenvalue weighted by atomic mass is 10.1. The molecule has 0 aromatic carbocycles. The number of hydrogen-bond acceptors (Lipinski definition) is 2. The highest BCUT2D eigenvalue weighted by atomic mass is 16.2. The molecule has 0 rings (SSSR count). The van der Waals surface area contributed by atoms with Crippen molar-refractivity contribution in [3.63, 3.8) is 0 Å². The Morgan fingerprint density at radius 2 is 0.947 bits per heavy atom. The summed E-state index contributed by atoms with van der Waals surface area (Å²) in [4.78, 5) is 0. The number of nitrogens with zero attached hydrogens (tertiary/aromatic N) is 1. The summed E-state index contributed by atoms with van der Waals surface area (Å²) < 4.78 is 1.12. The van der Waals surface area contributed by atoms with E-state index in [2.05, 4.69) is 28.1 Å². The number of aliphatic hydroxyl groups excluding tert-OH is 1. The van der Waals surface area contributed by atoms with Crippen molar-refractivity contribution in [1.82, 2.24) is 0 Å². The topological polar surface area (TPSA) is 50.2 Å². The summed E-state index contributed by atoms with van der Waals surface area (Å²) in [7, 11) is 7.86. The molecule has 0 heterocycles. The van der Waals surface area contributed by atoms with E-state index in [4.69, 9.17) is 5.11 Å². The van der Waals surface area contributed by atoms with Crippen LogP contribution < -0.4 is 0 Å². The molecule has 0 amide bonds. The quantitative estimate of drug-likeness (QED) is 0.457. The first kappa shape index (κ1) is 23.9. The van der Waals surface area contributed by atoms with Gasteiger partial charge >= 0.3 is 0 Å². The number of quaternary nitrogens is 1. The van der Waals surface area contributed by atoms with Crippen LogP contribution in [-0.4, -0.2) is 49.9 Å². The van der Waals surface area contributed by atoms with Gasteiger partial charge in [0.1, 0.15) is 0 Å². The van der Waals surface area contributed by atoms with Crippen molar-refractivity contribution in [3.8, 4) is 0 Å². The molecule has 0 saturated carbocycles. The van der Waals surface area contributed by atoms with Crippen LogP contribution in [0.2, 0.25) is 0 Å². The third-order valence-corrected chi connectivity index (χ3v) is 3.18. The molecule has 0 fully saturated rings. The molecule has 19 heavy (non-hydrogen) atoms. The van der Waals surface area contributed by atoms with E-state index in [-0.39, 0.29) is 5.48 Å². The summed E-state index contributed by atoms with van der Waals surface area (Å²) in [6, 6.07) is 0. The van der Waals surface area contributed by atoms with Gasteiger partial charge in [-0.15, -0.1) is 0 Å². The molecule has 0 aromatic heterocycles. The highest BCUT2D eigenvalue weighted by Crippen LogP contribution is 2.10. The van der Waals surface area contributed by atoms with Gasteiger partial charge in [-0.1, -0.05) is 58.3 Å². The van der Waals surface area contributed by atoms with E-state index in [9.17, 15) is 0 Å². The van der Waals surface area contributed by atoms with E-state index in [1.807, 2.05) is 0 Å². The fourth-order valence-corrected chi connectivity index (χ4v) is 2.07. The molecule has 3 nitrogen and oxygen atoms in total. The molecule has 0 aliphatic heterocycles. The third kappa shape index (κ3) is 27.2. The average Bonchev–Trinajstić information content (AvgIpc) is 2.33. The van der Waals surface area contributed by atoms with Crippen LogP contribution in [0.5, 0.6) is 0 Å². The Morgan fingerprint density at radius 3 is 1.26 bits per heavy atom. The molecule has 0 bridgehead atoms. The highest BCUT2D eigenvalue weighted by molar-refractivity contribution is 4.47. The van der Waals surface area contributed by atoms with Gasteiger partial charge in [0.2, 0.25) is 0 Å². The zero-order valence-electron chi connectivity index (χ0n) is 14.1. The van der Waals surface area contributed by atoms with Crippen LogP contribution in [0.25, 0.3) is 0 Å². The molecule has 0 aromatic rings. The van der Waals surface area contributed by atoms with Crippen LogP contribution >= 0.6 is 0 Å². The van der Waals surface area contributed by atoms with Gasteiger partial charge in [0, 0.05) is 7.11 Å². The molecule has 120 valence electrons. The van der Waals surface area contributed by atoms with Crippen molar-refractivity contribution in [3.05, 3.63) is 0 Å². The summed E-state index contributed by atoms with van der Waals surface area (Å²) in [5.41, 5.74) is 0. The Kier molecular flexibility index (Phi) is 22.5. The molecule has 0 aliphatic carbocycles. The van der Waals surface area contributed by atoms with Crippen LogP contribution in [0.3, 0.4) is 0 Å². The maximum Gasteiger partial charge on any atom is 0.0780 e. The second kappa shape index (κ2) is 17.9. The molecule has 0 unspecified atom stereocenters. The number of hydrogen-bond donors (Lipinski definition) is 1. The lowest BCUT2D eigenvalue weighted by Crippen LogP contribution is -2.35. The molecule has 0 aliphatic rings. The summed E-state index contributed by atoms with van der Waals surface area (Å²) in [5.74, 6) is 0. The molecule has 2 N–H and O–H groups in total. The predicted octanol–water partition coefficient (Wildman–Crippen LogP) is 4.05. The minimum Gasteiger partial charge on any atom is -0.870 e. The van der Waals surface area contributed by atoms with E-state index in [1.54, 1.807) is 0 Å².